The number of likely N-dealkylation sites (tertiary alicyclic amines) is 1. The van der Waals surface area contributed by atoms with Crippen molar-refractivity contribution in [3.05, 3.63) is 17.5 Å². The molecule has 2 heterocycles. The topological polar surface area (TPSA) is 66.5 Å². The van der Waals surface area contributed by atoms with Gasteiger partial charge in [0.1, 0.15) is 10.3 Å². The summed E-state index contributed by atoms with van der Waals surface area (Å²) in [5, 5.41) is 1.72. The van der Waals surface area contributed by atoms with E-state index in [0.717, 1.165) is 43.7 Å². The van der Waals surface area contributed by atoms with Gasteiger partial charge in [0, 0.05) is 13.1 Å². The van der Waals surface area contributed by atoms with Gasteiger partial charge in [-0.2, -0.15) is 4.72 Å². The minimum Gasteiger partial charge on any atom is -0.341 e. The Kier molecular flexibility index (Phi) is 6.00. The van der Waals surface area contributed by atoms with Gasteiger partial charge in [-0.15, -0.1) is 11.3 Å². The summed E-state index contributed by atoms with van der Waals surface area (Å²) in [6.45, 7) is 5.45. The molecule has 0 saturated carbocycles. The van der Waals surface area contributed by atoms with Crippen molar-refractivity contribution in [1.29, 1.82) is 0 Å². The van der Waals surface area contributed by atoms with Crippen LogP contribution in [-0.4, -0.2) is 38.4 Å². The van der Waals surface area contributed by atoms with Gasteiger partial charge in [0.05, 0.1) is 0 Å². The van der Waals surface area contributed by atoms with Crippen molar-refractivity contribution in [2.24, 2.45) is 5.92 Å². The molecule has 5 nitrogen and oxygen atoms in total. The summed E-state index contributed by atoms with van der Waals surface area (Å²) in [5.41, 5.74) is 0. The smallest absolute Gasteiger partial charge is 0.250 e. The van der Waals surface area contributed by atoms with Crippen molar-refractivity contribution >= 4 is 27.3 Å². The van der Waals surface area contributed by atoms with Gasteiger partial charge in [-0.1, -0.05) is 19.9 Å². The first-order valence-corrected chi connectivity index (χ1v) is 10.1. The van der Waals surface area contributed by atoms with Crippen LogP contribution in [0, 0.1) is 5.92 Å². The zero-order valence-electron chi connectivity index (χ0n) is 13.1. The molecule has 0 bridgehead atoms. The maximum Gasteiger partial charge on any atom is 0.250 e. The number of piperidine rings is 1. The predicted molar refractivity (Wildman–Crippen MR) is 88.3 cm³/mol. The lowest BCUT2D eigenvalue weighted by Crippen LogP contribution is -2.50. The summed E-state index contributed by atoms with van der Waals surface area (Å²) in [4.78, 5) is 14.5. The van der Waals surface area contributed by atoms with Crippen LogP contribution >= 0.6 is 11.3 Å². The lowest BCUT2D eigenvalue weighted by Gasteiger charge is -2.31. The fourth-order valence-electron chi connectivity index (χ4n) is 2.67. The second-order valence-corrected chi connectivity index (χ2v) is 9.01. The number of hydrogen-bond donors (Lipinski definition) is 1. The molecule has 0 spiro atoms. The number of hydrogen-bond acceptors (Lipinski definition) is 4. The highest BCUT2D eigenvalue weighted by Gasteiger charge is 2.30. The van der Waals surface area contributed by atoms with Crippen LogP contribution in [0.5, 0.6) is 0 Å². The highest BCUT2D eigenvalue weighted by atomic mass is 32.2. The van der Waals surface area contributed by atoms with Crippen LogP contribution in [0.2, 0.25) is 0 Å². The van der Waals surface area contributed by atoms with Crippen LogP contribution in [0.1, 0.15) is 39.5 Å². The molecule has 124 valence electrons. The van der Waals surface area contributed by atoms with Gasteiger partial charge in [0.25, 0.3) is 10.0 Å². The molecule has 0 radical (unpaired) electrons. The number of sulfonamides is 1. The van der Waals surface area contributed by atoms with Crippen molar-refractivity contribution in [2.75, 3.05) is 13.1 Å². The van der Waals surface area contributed by atoms with E-state index in [1.807, 2.05) is 13.8 Å². The number of thiophene rings is 1. The van der Waals surface area contributed by atoms with Crippen LogP contribution in [0.3, 0.4) is 0 Å². The molecule has 1 aliphatic rings. The van der Waals surface area contributed by atoms with E-state index in [1.165, 1.54) is 0 Å². The molecule has 1 atom stereocenters. The Morgan fingerprint density at radius 3 is 2.55 bits per heavy atom. The second-order valence-electron chi connectivity index (χ2n) is 6.12. The molecular weight excluding hydrogens is 320 g/mol. The van der Waals surface area contributed by atoms with E-state index >= 15 is 0 Å². The Balaban J connectivity index is 2.13. The van der Waals surface area contributed by atoms with Gasteiger partial charge < -0.3 is 4.90 Å². The van der Waals surface area contributed by atoms with Gasteiger partial charge in [-0.05, 0) is 43.0 Å². The highest BCUT2D eigenvalue weighted by molar-refractivity contribution is 7.91. The molecular formula is C15H24N2O3S2. The zero-order chi connectivity index (χ0) is 16.2. The first kappa shape index (κ1) is 17.4. The number of rotatable bonds is 6. The van der Waals surface area contributed by atoms with Gasteiger partial charge in [-0.3, -0.25) is 4.79 Å². The van der Waals surface area contributed by atoms with E-state index < -0.39 is 16.1 Å². The fourth-order valence-corrected chi connectivity index (χ4v) is 4.88. The van der Waals surface area contributed by atoms with E-state index in [9.17, 15) is 13.2 Å². The first-order chi connectivity index (χ1) is 10.4. The fraction of sp³-hybridized carbons (Fsp3) is 0.667. The van der Waals surface area contributed by atoms with Crippen LogP contribution in [-0.2, 0) is 14.8 Å². The minimum atomic E-state index is -3.62. The van der Waals surface area contributed by atoms with Crippen LogP contribution in [0.15, 0.2) is 21.7 Å². The molecule has 1 fully saturated rings. The van der Waals surface area contributed by atoms with Crippen molar-refractivity contribution in [3.8, 4) is 0 Å². The predicted octanol–water partition coefficient (Wildman–Crippen LogP) is 2.45. The van der Waals surface area contributed by atoms with E-state index in [1.54, 1.807) is 22.4 Å². The number of nitrogens with one attached hydrogen (secondary N) is 1. The molecule has 0 aromatic carbocycles. The molecule has 2 rings (SSSR count). The molecule has 1 amide bonds. The number of carbonyl (C=O) groups excluding carboxylic acids is 1. The lowest BCUT2D eigenvalue weighted by atomic mass is 10.0. The van der Waals surface area contributed by atoms with Crippen molar-refractivity contribution in [2.45, 2.75) is 49.8 Å². The number of nitrogens with zero attached hydrogens (tertiary/aromatic N) is 1. The SMILES string of the molecule is CC(C)C[C@H](NS(=O)(=O)c1cccs1)C(=O)N1CCCCC1. The van der Waals surface area contributed by atoms with E-state index in [0.29, 0.717) is 6.42 Å². The van der Waals surface area contributed by atoms with Crippen molar-refractivity contribution in [1.82, 2.24) is 9.62 Å². The molecule has 0 unspecified atom stereocenters. The van der Waals surface area contributed by atoms with E-state index in [-0.39, 0.29) is 16.0 Å². The Bertz CT molecular complexity index is 576. The maximum absolute atomic E-state index is 12.7. The molecule has 22 heavy (non-hydrogen) atoms. The zero-order valence-corrected chi connectivity index (χ0v) is 14.8. The van der Waals surface area contributed by atoms with E-state index in [4.69, 9.17) is 0 Å². The molecule has 1 aliphatic heterocycles. The summed E-state index contributed by atoms with van der Waals surface area (Å²) in [6, 6.07) is 2.58. The first-order valence-electron chi connectivity index (χ1n) is 7.75. The van der Waals surface area contributed by atoms with Crippen LogP contribution in [0.25, 0.3) is 0 Å². The normalized spacial score (nSPS) is 17.7. The summed E-state index contributed by atoms with van der Waals surface area (Å²) >= 11 is 1.16. The summed E-state index contributed by atoms with van der Waals surface area (Å²) < 4.78 is 27.7. The molecule has 1 saturated heterocycles. The van der Waals surface area contributed by atoms with Gasteiger partial charge in [0.2, 0.25) is 5.91 Å². The standard InChI is InChI=1S/C15H24N2O3S2/c1-12(2)11-13(15(18)17-8-4-3-5-9-17)16-22(19,20)14-7-6-10-21-14/h6-7,10,12-13,16H,3-5,8-9,11H2,1-2H3/t13-/m0/s1. The van der Waals surface area contributed by atoms with E-state index in [2.05, 4.69) is 4.72 Å². The molecule has 1 aromatic heterocycles. The monoisotopic (exact) mass is 344 g/mol. The van der Waals surface area contributed by atoms with Crippen molar-refractivity contribution in [3.63, 3.8) is 0 Å². The third kappa shape index (κ3) is 4.54. The average Bonchev–Trinajstić information content (AvgIpc) is 3.01. The summed E-state index contributed by atoms with van der Waals surface area (Å²) in [7, 11) is -3.62. The quantitative estimate of drug-likeness (QED) is 0.862. The Morgan fingerprint density at radius 2 is 2.00 bits per heavy atom. The second kappa shape index (κ2) is 7.57. The third-order valence-electron chi connectivity index (χ3n) is 3.73. The van der Waals surface area contributed by atoms with Gasteiger partial charge >= 0.3 is 0 Å². The third-order valence-corrected chi connectivity index (χ3v) is 6.60. The summed E-state index contributed by atoms with van der Waals surface area (Å²) in [5.74, 6) is 0.151. The molecule has 7 heteroatoms. The van der Waals surface area contributed by atoms with Gasteiger partial charge in [0.15, 0.2) is 0 Å². The van der Waals surface area contributed by atoms with Crippen LogP contribution in [0.4, 0.5) is 0 Å². The van der Waals surface area contributed by atoms with Crippen LogP contribution < -0.4 is 4.72 Å². The number of amides is 1. The Labute approximate surface area is 136 Å². The molecule has 0 aliphatic carbocycles. The Hall–Kier alpha value is -0.920. The molecule has 1 N–H and O–H groups in total. The lowest BCUT2D eigenvalue weighted by molar-refractivity contribution is -0.134. The summed E-state index contributed by atoms with van der Waals surface area (Å²) in [6.07, 6.45) is 3.65. The van der Waals surface area contributed by atoms with Crippen molar-refractivity contribution < 1.29 is 13.2 Å². The largest absolute Gasteiger partial charge is 0.341 e. The van der Waals surface area contributed by atoms with Gasteiger partial charge in [-0.25, -0.2) is 8.42 Å². The average molecular weight is 345 g/mol. The highest BCUT2D eigenvalue weighted by Crippen LogP contribution is 2.19. The maximum atomic E-state index is 12.7. The molecule has 1 aromatic rings. The Morgan fingerprint density at radius 1 is 1.32 bits per heavy atom. The number of carbonyl (C=O) groups is 1. The minimum absolute atomic E-state index is 0.0893.